The van der Waals surface area contributed by atoms with Gasteiger partial charge in [-0.05, 0) is 43.0 Å². The lowest BCUT2D eigenvalue weighted by Crippen LogP contribution is -2.42. The second-order valence-corrected chi connectivity index (χ2v) is 8.34. The van der Waals surface area contributed by atoms with Crippen LogP contribution in [0.25, 0.3) is 0 Å². The van der Waals surface area contributed by atoms with Crippen molar-refractivity contribution in [3.05, 3.63) is 41.0 Å². The van der Waals surface area contributed by atoms with E-state index in [2.05, 4.69) is 5.32 Å². The molecule has 2 rings (SSSR count). The minimum Gasteiger partial charge on any atom is -0.529 e. The number of nitrogens with zero attached hydrogens (tertiary/aromatic N) is 2. The topological polar surface area (TPSA) is 127 Å². The molecule has 10 heteroatoms. The minimum absolute atomic E-state index is 0.135. The summed E-state index contributed by atoms with van der Waals surface area (Å²) in [6.45, 7) is 4.24. The molecule has 0 radical (unpaired) electrons. The number of carboxylic acid groups (broad SMARTS) is 1. The predicted octanol–water partition coefficient (Wildman–Crippen LogP) is 0.471. The lowest BCUT2D eigenvalue weighted by atomic mass is 10.1. The van der Waals surface area contributed by atoms with Crippen LogP contribution >= 0.6 is 0 Å². The molecule has 0 aliphatic carbocycles. The van der Waals surface area contributed by atoms with E-state index in [0.717, 1.165) is 18.2 Å². The second kappa shape index (κ2) is 8.42. The van der Waals surface area contributed by atoms with Crippen molar-refractivity contribution < 1.29 is 27.9 Å². The number of rotatable bonds is 6. The van der Waals surface area contributed by atoms with Crippen molar-refractivity contribution in [1.29, 1.82) is 0 Å². The Hall–Kier alpha value is -2.88. The van der Waals surface area contributed by atoms with Crippen LogP contribution in [0.5, 0.6) is 0 Å². The van der Waals surface area contributed by atoms with E-state index in [4.69, 9.17) is 0 Å². The molecule has 1 aliphatic heterocycles. The highest BCUT2D eigenvalue weighted by molar-refractivity contribution is 7.89. The van der Waals surface area contributed by atoms with E-state index in [-0.39, 0.29) is 28.2 Å². The fourth-order valence-electron chi connectivity index (χ4n) is 2.86. The first kappa shape index (κ1) is 21.4. The Bertz CT molecular complexity index is 921. The first-order valence-electron chi connectivity index (χ1n) is 8.66. The Morgan fingerprint density at radius 2 is 1.86 bits per heavy atom. The number of sulfonamides is 1. The number of imide groups is 1. The number of benzene rings is 1. The van der Waals surface area contributed by atoms with Gasteiger partial charge in [-0.15, -0.1) is 0 Å². The van der Waals surface area contributed by atoms with E-state index in [0.29, 0.717) is 18.4 Å². The molecular formula is C18H22N3O6S-. The highest BCUT2D eigenvalue weighted by Crippen LogP contribution is 2.21. The molecule has 0 fully saturated rings. The highest BCUT2D eigenvalue weighted by atomic mass is 32.2. The minimum atomic E-state index is -4.17. The smallest absolute Gasteiger partial charge is 0.324 e. The van der Waals surface area contributed by atoms with Gasteiger partial charge in [0.2, 0.25) is 0 Å². The number of nitrogens with one attached hydrogen (secondary N) is 1. The number of urea groups is 1. The second-order valence-electron chi connectivity index (χ2n) is 6.37. The summed E-state index contributed by atoms with van der Waals surface area (Å²) in [6, 6.07) is 5.17. The van der Waals surface area contributed by atoms with Gasteiger partial charge in [-0.1, -0.05) is 19.1 Å². The van der Waals surface area contributed by atoms with Crippen molar-refractivity contribution in [3.63, 3.8) is 0 Å². The molecule has 28 heavy (non-hydrogen) atoms. The Balaban J connectivity index is 1.92. The van der Waals surface area contributed by atoms with Gasteiger partial charge in [0, 0.05) is 19.2 Å². The maximum absolute atomic E-state index is 12.2. The number of hydrogen-bond acceptors (Lipinski definition) is 6. The van der Waals surface area contributed by atoms with Gasteiger partial charge in [0.15, 0.2) is 6.09 Å². The number of carbonyl (C=O) groups excluding carboxylic acids is 3. The molecule has 0 saturated heterocycles. The van der Waals surface area contributed by atoms with Crippen LogP contribution in [0.15, 0.2) is 40.3 Å². The average molecular weight is 408 g/mol. The molecule has 0 aromatic heterocycles. The third-order valence-electron chi connectivity index (χ3n) is 4.54. The van der Waals surface area contributed by atoms with E-state index in [1.807, 2.05) is 13.8 Å². The van der Waals surface area contributed by atoms with Gasteiger partial charge in [0.05, 0.1) is 11.4 Å². The summed E-state index contributed by atoms with van der Waals surface area (Å²) in [7, 11) is -3.27. The predicted molar refractivity (Wildman–Crippen MR) is 98.6 cm³/mol. The van der Waals surface area contributed by atoms with Crippen molar-refractivity contribution in [1.82, 2.24) is 14.5 Å². The average Bonchev–Trinajstić information content (AvgIpc) is 2.94. The van der Waals surface area contributed by atoms with Crippen LogP contribution in [-0.2, 0) is 21.2 Å². The Morgan fingerprint density at radius 3 is 2.36 bits per heavy atom. The molecule has 0 atom stereocenters. The molecule has 0 spiro atoms. The van der Waals surface area contributed by atoms with Crippen molar-refractivity contribution in [2.75, 3.05) is 20.1 Å². The van der Waals surface area contributed by atoms with Crippen LogP contribution in [0.3, 0.4) is 0 Å². The maximum atomic E-state index is 12.2. The highest BCUT2D eigenvalue weighted by Gasteiger charge is 2.31. The third kappa shape index (κ3) is 4.33. The number of hydrogen-bond donors (Lipinski definition) is 1. The Kier molecular flexibility index (Phi) is 6.45. The van der Waals surface area contributed by atoms with E-state index >= 15 is 0 Å². The van der Waals surface area contributed by atoms with Crippen LogP contribution in [0.1, 0.15) is 25.8 Å². The molecule has 4 amide bonds. The van der Waals surface area contributed by atoms with Crippen molar-refractivity contribution >= 4 is 28.1 Å². The van der Waals surface area contributed by atoms with Crippen LogP contribution in [0.2, 0.25) is 0 Å². The molecule has 1 aromatic rings. The molecular weight excluding hydrogens is 386 g/mol. The van der Waals surface area contributed by atoms with E-state index in [1.54, 1.807) is 0 Å². The molecule has 1 aromatic carbocycles. The van der Waals surface area contributed by atoms with E-state index < -0.39 is 22.1 Å². The number of carbonyl (C=O) groups is 3. The summed E-state index contributed by atoms with van der Waals surface area (Å²) in [5, 5.41) is 13.4. The van der Waals surface area contributed by atoms with E-state index in [1.165, 1.54) is 29.2 Å². The van der Waals surface area contributed by atoms with Crippen LogP contribution < -0.4 is 10.4 Å². The number of amides is 4. The zero-order chi connectivity index (χ0) is 21.1. The fraction of sp³-hybridized carbons (Fsp3) is 0.389. The molecule has 9 nitrogen and oxygen atoms in total. The summed E-state index contributed by atoms with van der Waals surface area (Å²) in [6.07, 6.45) is -0.826. The monoisotopic (exact) mass is 408 g/mol. The first-order chi connectivity index (χ1) is 13.1. The Labute approximate surface area is 163 Å². The van der Waals surface area contributed by atoms with Gasteiger partial charge in [-0.2, -0.15) is 0 Å². The normalized spacial score (nSPS) is 14.4. The first-order valence-corrected chi connectivity index (χ1v) is 10.1. The molecule has 0 saturated carbocycles. The molecule has 0 bridgehead atoms. The van der Waals surface area contributed by atoms with Gasteiger partial charge in [-0.3, -0.25) is 14.0 Å². The zero-order valence-corrected chi connectivity index (χ0v) is 16.7. The fourth-order valence-corrected chi connectivity index (χ4v) is 3.85. The molecule has 0 unspecified atom stereocenters. The SMILES string of the molecule is CCC1=C(C)CN(C(=O)NCCc2ccc(S(=O)(=O)N(C)C(=O)[O-])cc2)C1=O. The maximum Gasteiger partial charge on any atom is 0.324 e. The van der Waals surface area contributed by atoms with E-state index in [9.17, 15) is 27.9 Å². The van der Waals surface area contributed by atoms with Crippen molar-refractivity contribution in [2.24, 2.45) is 0 Å². The zero-order valence-electron chi connectivity index (χ0n) is 15.9. The quantitative estimate of drug-likeness (QED) is 0.729. The van der Waals surface area contributed by atoms with Crippen LogP contribution in [0.4, 0.5) is 9.59 Å². The van der Waals surface area contributed by atoms with Gasteiger partial charge < -0.3 is 15.2 Å². The van der Waals surface area contributed by atoms with Crippen LogP contribution in [0, 0.1) is 0 Å². The standard InChI is InChI=1S/C18H23N3O6S/c1-4-15-12(2)11-21(16(15)22)17(23)19-10-9-13-5-7-14(8-6-13)28(26,27)20(3)18(24)25/h5-8H,4,9-11H2,1-3H3,(H,19,23)(H,24,25)/p-1. The summed E-state index contributed by atoms with van der Waals surface area (Å²) >= 11 is 0. The molecule has 1 aliphatic rings. The summed E-state index contributed by atoms with van der Waals surface area (Å²) in [4.78, 5) is 36.1. The van der Waals surface area contributed by atoms with Crippen LogP contribution in [-0.4, -0.2) is 55.8 Å². The van der Waals surface area contributed by atoms with Gasteiger partial charge in [0.25, 0.3) is 15.9 Å². The molecule has 1 N–H and O–H groups in total. The van der Waals surface area contributed by atoms with Gasteiger partial charge in [-0.25, -0.2) is 13.2 Å². The Morgan fingerprint density at radius 1 is 1.25 bits per heavy atom. The van der Waals surface area contributed by atoms with Crippen molar-refractivity contribution in [2.45, 2.75) is 31.6 Å². The van der Waals surface area contributed by atoms with Crippen molar-refractivity contribution in [3.8, 4) is 0 Å². The summed E-state index contributed by atoms with van der Waals surface area (Å²) in [5.41, 5.74) is 2.29. The summed E-state index contributed by atoms with van der Waals surface area (Å²) in [5.74, 6) is -0.274. The molecule has 152 valence electrons. The third-order valence-corrected chi connectivity index (χ3v) is 6.28. The lowest BCUT2D eigenvalue weighted by molar-refractivity contribution is -0.258. The summed E-state index contributed by atoms with van der Waals surface area (Å²) < 4.78 is 24.2. The van der Waals surface area contributed by atoms with Gasteiger partial charge in [0.1, 0.15) is 0 Å². The van der Waals surface area contributed by atoms with Gasteiger partial charge >= 0.3 is 6.03 Å². The largest absolute Gasteiger partial charge is 0.529 e. The molecule has 1 heterocycles. The lowest BCUT2D eigenvalue weighted by Gasteiger charge is -2.19.